The molecule has 10 nitrogen and oxygen atoms in total. The third-order valence-corrected chi connectivity index (χ3v) is 6.50. The Labute approximate surface area is 233 Å². The van der Waals surface area contributed by atoms with Gasteiger partial charge in [0.25, 0.3) is 11.5 Å². The van der Waals surface area contributed by atoms with Crippen molar-refractivity contribution in [2.24, 2.45) is 0 Å². The highest BCUT2D eigenvalue weighted by Crippen LogP contribution is 2.40. The van der Waals surface area contributed by atoms with Crippen LogP contribution in [0.5, 0.6) is 17.2 Å². The van der Waals surface area contributed by atoms with E-state index in [4.69, 9.17) is 18.9 Å². The molecule has 0 saturated heterocycles. The van der Waals surface area contributed by atoms with Crippen molar-refractivity contribution in [3.8, 4) is 22.9 Å². The van der Waals surface area contributed by atoms with Crippen LogP contribution in [-0.4, -0.2) is 48.1 Å². The summed E-state index contributed by atoms with van der Waals surface area (Å²) >= 11 is 1.02. The molecule has 0 atom stereocenters. The standard InChI is InChI=1S/C28H28FN3O7S/c1-5-36-20-13-16(14-21(37-6-2)24(20)38-7-3)25(33)30-26-22-17(15-40-26)23(28(35)39-8-4)31-32(27(22)34)19-12-10-9-11-18(19)29/h9-15H,5-8H2,1-4H3,(H,30,33). The number of thiophene rings is 1. The molecule has 0 spiro atoms. The molecule has 0 aliphatic carbocycles. The summed E-state index contributed by atoms with van der Waals surface area (Å²) in [6, 6.07) is 8.58. The number of carbonyl (C=O) groups is 2. The monoisotopic (exact) mass is 569 g/mol. The van der Waals surface area contributed by atoms with Gasteiger partial charge < -0.3 is 24.3 Å². The maximum Gasteiger partial charge on any atom is 0.359 e. The van der Waals surface area contributed by atoms with Crippen LogP contribution in [0.3, 0.4) is 0 Å². The smallest absolute Gasteiger partial charge is 0.359 e. The van der Waals surface area contributed by atoms with E-state index in [-0.39, 0.29) is 39.3 Å². The fraction of sp³-hybridized carbons (Fsp3) is 0.286. The Hall–Kier alpha value is -4.45. The molecule has 210 valence electrons. The fourth-order valence-corrected chi connectivity index (χ4v) is 4.91. The number of hydrogen-bond donors (Lipinski definition) is 1. The van der Waals surface area contributed by atoms with Crippen molar-refractivity contribution in [2.75, 3.05) is 31.7 Å². The van der Waals surface area contributed by atoms with Gasteiger partial charge in [-0.25, -0.2) is 9.18 Å². The highest BCUT2D eigenvalue weighted by atomic mass is 32.1. The Kier molecular flexibility index (Phi) is 9.00. The molecule has 1 amide bonds. The number of hydrogen-bond acceptors (Lipinski definition) is 9. The number of nitrogens with zero attached hydrogens (tertiary/aromatic N) is 2. The van der Waals surface area contributed by atoms with Crippen LogP contribution in [0.15, 0.2) is 46.6 Å². The zero-order valence-electron chi connectivity index (χ0n) is 22.4. The summed E-state index contributed by atoms with van der Waals surface area (Å²) in [6.07, 6.45) is 0. The molecule has 0 fully saturated rings. The number of ether oxygens (including phenoxy) is 4. The van der Waals surface area contributed by atoms with Crippen LogP contribution in [0.4, 0.5) is 9.39 Å². The quantitative estimate of drug-likeness (QED) is 0.245. The molecule has 4 rings (SSSR count). The molecule has 1 N–H and O–H groups in total. The van der Waals surface area contributed by atoms with Gasteiger partial charge in [0.2, 0.25) is 5.75 Å². The molecule has 0 bridgehead atoms. The van der Waals surface area contributed by atoms with E-state index in [0.717, 1.165) is 16.0 Å². The number of esters is 1. The van der Waals surface area contributed by atoms with E-state index in [1.165, 1.54) is 41.8 Å². The molecular weight excluding hydrogens is 541 g/mol. The highest BCUT2D eigenvalue weighted by molar-refractivity contribution is 7.16. The maximum absolute atomic E-state index is 14.7. The Morgan fingerprint density at radius 3 is 2.23 bits per heavy atom. The summed E-state index contributed by atoms with van der Waals surface area (Å²) in [5, 5.41) is 8.70. The Bertz CT molecular complexity index is 1590. The van der Waals surface area contributed by atoms with E-state index in [1.54, 1.807) is 20.8 Å². The molecule has 4 aromatic rings. The van der Waals surface area contributed by atoms with Crippen LogP contribution in [-0.2, 0) is 4.74 Å². The summed E-state index contributed by atoms with van der Waals surface area (Å²) in [5.41, 5.74) is -0.875. The lowest BCUT2D eigenvalue weighted by atomic mass is 10.1. The SMILES string of the molecule is CCOC(=O)c1nn(-c2ccccc2F)c(=O)c2c(NC(=O)c3cc(OCC)c(OCC)c(OCC)c3)scc12. The maximum atomic E-state index is 14.7. The third kappa shape index (κ3) is 5.62. The number of anilines is 1. The number of aromatic nitrogens is 2. The second kappa shape index (κ2) is 12.6. The van der Waals surface area contributed by atoms with Crippen molar-refractivity contribution in [1.82, 2.24) is 9.78 Å². The normalized spacial score (nSPS) is 10.8. The van der Waals surface area contributed by atoms with Gasteiger partial charge in [0, 0.05) is 16.3 Å². The molecule has 0 unspecified atom stereocenters. The van der Waals surface area contributed by atoms with E-state index in [1.807, 2.05) is 6.92 Å². The van der Waals surface area contributed by atoms with Gasteiger partial charge in [-0.3, -0.25) is 9.59 Å². The van der Waals surface area contributed by atoms with Crippen molar-refractivity contribution in [1.29, 1.82) is 0 Å². The van der Waals surface area contributed by atoms with Crippen LogP contribution >= 0.6 is 11.3 Å². The molecule has 2 heterocycles. The minimum atomic E-state index is -0.789. The predicted octanol–water partition coefficient (Wildman–Crippen LogP) is 5.21. The van der Waals surface area contributed by atoms with E-state index in [0.29, 0.717) is 37.1 Å². The van der Waals surface area contributed by atoms with E-state index in [2.05, 4.69) is 10.4 Å². The lowest BCUT2D eigenvalue weighted by Crippen LogP contribution is -2.26. The summed E-state index contributed by atoms with van der Waals surface area (Å²) < 4.78 is 37.7. The van der Waals surface area contributed by atoms with Gasteiger partial charge in [0.15, 0.2) is 17.2 Å². The molecular formula is C28H28FN3O7S. The average Bonchev–Trinajstić information content (AvgIpc) is 3.35. The highest BCUT2D eigenvalue weighted by Gasteiger charge is 2.25. The first-order valence-corrected chi connectivity index (χ1v) is 13.6. The number of carbonyl (C=O) groups excluding carboxylic acids is 2. The van der Waals surface area contributed by atoms with Crippen LogP contribution in [0, 0.1) is 5.82 Å². The Morgan fingerprint density at radius 1 is 0.975 bits per heavy atom. The van der Waals surface area contributed by atoms with Crippen LogP contribution in [0.1, 0.15) is 48.5 Å². The summed E-state index contributed by atoms with van der Waals surface area (Å²) in [6.45, 7) is 8.13. The van der Waals surface area contributed by atoms with Crippen molar-refractivity contribution in [2.45, 2.75) is 27.7 Å². The van der Waals surface area contributed by atoms with Gasteiger partial charge in [-0.2, -0.15) is 9.78 Å². The Balaban J connectivity index is 1.85. The predicted molar refractivity (Wildman–Crippen MR) is 149 cm³/mol. The van der Waals surface area contributed by atoms with Gasteiger partial charge in [-0.05, 0) is 52.0 Å². The molecule has 0 saturated carbocycles. The zero-order chi connectivity index (χ0) is 28.8. The summed E-state index contributed by atoms with van der Waals surface area (Å²) in [7, 11) is 0. The van der Waals surface area contributed by atoms with Crippen LogP contribution < -0.4 is 25.1 Å². The Morgan fingerprint density at radius 2 is 1.62 bits per heavy atom. The van der Waals surface area contributed by atoms with Gasteiger partial charge in [-0.1, -0.05) is 12.1 Å². The topological polar surface area (TPSA) is 118 Å². The van der Waals surface area contributed by atoms with Gasteiger partial charge in [-0.15, -0.1) is 11.3 Å². The van der Waals surface area contributed by atoms with Crippen LogP contribution in [0.2, 0.25) is 0 Å². The molecule has 40 heavy (non-hydrogen) atoms. The molecule has 0 aliphatic heterocycles. The number of amides is 1. The number of halogens is 1. The van der Waals surface area contributed by atoms with Crippen molar-refractivity contribution < 1.29 is 32.9 Å². The zero-order valence-corrected chi connectivity index (χ0v) is 23.2. The third-order valence-electron chi connectivity index (χ3n) is 5.60. The number of benzene rings is 2. The molecule has 12 heteroatoms. The first-order valence-electron chi connectivity index (χ1n) is 12.7. The summed E-state index contributed by atoms with van der Waals surface area (Å²) in [4.78, 5) is 39.8. The summed E-state index contributed by atoms with van der Waals surface area (Å²) in [5.74, 6) is -1.04. The number of fused-ring (bicyclic) bond motifs is 1. The number of para-hydroxylation sites is 1. The van der Waals surface area contributed by atoms with E-state index in [9.17, 15) is 18.8 Å². The van der Waals surface area contributed by atoms with Gasteiger partial charge in [0.1, 0.15) is 16.5 Å². The fourth-order valence-electron chi connectivity index (χ4n) is 3.97. The molecule has 2 aromatic carbocycles. The lowest BCUT2D eigenvalue weighted by Gasteiger charge is -2.17. The van der Waals surface area contributed by atoms with E-state index >= 15 is 0 Å². The number of nitrogens with one attached hydrogen (secondary N) is 1. The lowest BCUT2D eigenvalue weighted by molar-refractivity contribution is 0.0519. The second-order valence-corrected chi connectivity index (χ2v) is 9.03. The van der Waals surface area contributed by atoms with Crippen molar-refractivity contribution >= 4 is 39.0 Å². The largest absolute Gasteiger partial charge is 0.490 e. The first kappa shape index (κ1) is 28.6. The van der Waals surface area contributed by atoms with Crippen molar-refractivity contribution in [3.05, 3.63) is 69.2 Å². The van der Waals surface area contributed by atoms with Crippen LogP contribution in [0.25, 0.3) is 16.5 Å². The minimum absolute atomic E-state index is 0.0133. The molecule has 0 radical (unpaired) electrons. The van der Waals surface area contributed by atoms with Crippen molar-refractivity contribution in [3.63, 3.8) is 0 Å². The van der Waals surface area contributed by atoms with Gasteiger partial charge >= 0.3 is 5.97 Å². The van der Waals surface area contributed by atoms with E-state index < -0.39 is 23.3 Å². The average molecular weight is 570 g/mol. The first-order chi connectivity index (χ1) is 19.3. The number of rotatable bonds is 11. The van der Waals surface area contributed by atoms with Gasteiger partial charge in [0.05, 0.1) is 31.8 Å². The second-order valence-electron chi connectivity index (χ2n) is 8.15. The molecule has 2 aromatic heterocycles. The molecule has 0 aliphatic rings. The minimum Gasteiger partial charge on any atom is -0.490 e.